The van der Waals surface area contributed by atoms with E-state index >= 15 is 0 Å². The van der Waals surface area contributed by atoms with Gasteiger partial charge < -0.3 is 20.9 Å². The molecule has 0 saturated carbocycles. The van der Waals surface area contributed by atoms with E-state index in [4.69, 9.17) is 4.99 Å². The van der Waals surface area contributed by atoms with Gasteiger partial charge in [0.25, 0.3) is 0 Å². The highest BCUT2D eigenvalue weighted by atomic mass is 127. The SMILES string of the molecule is CCNC(=NCC1CC(=O)Nc2ccccc21)NCCCCN1CC(C)CC(C)C1.I. The van der Waals surface area contributed by atoms with Crippen LogP contribution < -0.4 is 16.0 Å². The van der Waals surface area contributed by atoms with E-state index in [1.54, 1.807) is 0 Å². The summed E-state index contributed by atoms with van der Waals surface area (Å²) >= 11 is 0. The van der Waals surface area contributed by atoms with Crippen molar-refractivity contribution in [3.8, 4) is 0 Å². The number of nitrogens with zero attached hydrogens (tertiary/aromatic N) is 2. The molecule has 3 unspecified atom stereocenters. The van der Waals surface area contributed by atoms with E-state index in [-0.39, 0.29) is 35.8 Å². The summed E-state index contributed by atoms with van der Waals surface area (Å²) in [5.74, 6) is 2.71. The molecule has 0 radical (unpaired) electrons. The van der Waals surface area contributed by atoms with Crippen LogP contribution in [0.25, 0.3) is 0 Å². The minimum atomic E-state index is 0. The number of aliphatic imine (C=N–C) groups is 1. The number of hydrogen-bond donors (Lipinski definition) is 3. The predicted octanol–water partition coefficient (Wildman–Crippen LogP) is 4.04. The van der Waals surface area contributed by atoms with Crippen molar-refractivity contribution in [3.05, 3.63) is 29.8 Å². The highest BCUT2D eigenvalue weighted by Gasteiger charge is 2.24. The average molecular weight is 542 g/mol. The van der Waals surface area contributed by atoms with Gasteiger partial charge in [0.2, 0.25) is 5.91 Å². The first-order valence-corrected chi connectivity index (χ1v) is 11.7. The lowest BCUT2D eigenvalue weighted by atomic mass is 9.91. The van der Waals surface area contributed by atoms with Gasteiger partial charge >= 0.3 is 0 Å². The molecule has 1 fully saturated rings. The van der Waals surface area contributed by atoms with Gasteiger partial charge in [-0.15, -0.1) is 24.0 Å². The first kappa shape index (κ1) is 25.9. The number of likely N-dealkylation sites (tertiary alicyclic amines) is 1. The molecule has 3 N–H and O–H groups in total. The first-order valence-electron chi connectivity index (χ1n) is 11.7. The molecule has 3 rings (SSSR count). The maximum atomic E-state index is 12.0. The number of guanidine groups is 1. The van der Waals surface area contributed by atoms with Crippen LogP contribution in [0.1, 0.15) is 57.9 Å². The van der Waals surface area contributed by atoms with E-state index in [9.17, 15) is 4.79 Å². The average Bonchev–Trinajstić information content (AvgIpc) is 2.70. The standard InChI is InChI=1S/C24H39N5O.HI/c1-4-25-24(26-11-7-8-12-29-16-18(2)13-19(3)17-29)27-15-20-14-23(30)28-22-10-6-5-9-21(20)22;/h5-6,9-10,18-20H,4,7-8,11-17H2,1-3H3,(H,28,30)(H2,25,26,27);1H. The molecule has 1 aromatic carbocycles. The molecule has 1 aromatic rings. The fraction of sp³-hybridized carbons (Fsp3) is 0.667. The predicted molar refractivity (Wildman–Crippen MR) is 140 cm³/mol. The number of unbranched alkanes of at least 4 members (excludes halogenated alkanes) is 1. The van der Waals surface area contributed by atoms with Crippen LogP contribution in [-0.4, -0.2) is 56.0 Å². The largest absolute Gasteiger partial charge is 0.357 e. The van der Waals surface area contributed by atoms with E-state index in [2.05, 4.69) is 47.7 Å². The van der Waals surface area contributed by atoms with Crippen LogP contribution in [0.5, 0.6) is 0 Å². The lowest BCUT2D eigenvalue weighted by Gasteiger charge is -2.34. The molecule has 1 amide bonds. The van der Waals surface area contributed by atoms with Gasteiger partial charge in [0.15, 0.2) is 5.96 Å². The maximum Gasteiger partial charge on any atom is 0.225 e. The number of hydrogen-bond acceptors (Lipinski definition) is 3. The number of carbonyl (C=O) groups is 1. The fourth-order valence-corrected chi connectivity index (χ4v) is 4.85. The number of anilines is 1. The third kappa shape index (κ3) is 8.25. The van der Waals surface area contributed by atoms with Crippen LogP contribution in [0.4, 0.5) is 5.69 Å². The second kappa shape index (κ2) is 13.3. The van der Waals surface area contributed by atoms with Crippen LogP contribution in [0, 0.1) is 11.8 Å². The lowest BCUT2D eigenvalue weighted by Crippen LogP contribution is -2.40. The van der Waals surface area contributed by atoms with Gasteiger partial charge in [-0.25, -0.2) is 0 Å². The quantitative estimate of drug-likeness (QED) is 0.201. The zero-order chi connectivity index (χ0) is 21.3. The molecule has 2 heterocycles. The van der Waals surface area contributed by atoms with Crippen LogP contribution >= 0.6 is 24.0 Å². The monoisotopic (exact) mass is 541 g/mol. The van der Waals surface area contributed by atoms with Crippen LogP contribution in [0.2, 0.25) is 0 Å². The molecule has 2 aliphatic rings. The lowest BCUT2D eigenvalue weighted by molar-refractivity contribution is -0.116. The van der Waals surface area contributed by atoms with Crippen molar-refractivity contribution in [2.24, 2.45) is 16.8 Å². The van der Waals surface area contributed by atoms with E-state index in [1.165, 1.54) is 38.0 Å². The molecule has 3 atom stereocenters. The van der Waals surface area contributed by atoms with Gasteiger partial charge in [-0.05, 0) is 56.2 Å². The normalized spacial score (nSPS) is 24.0. The summed E-state index contributed by atoms with van der Waals surface area (Å²) in [5.41, 5.74) is 2.11. The number of fused-ring (bicyclic) bond motifs is 1. The molecule has 174 valence electrons. The van der Waals surface area contributed by atoms with Crippen molar-refractivity contribution in [1.82, 2.24) is 15.5 Å². The van der Waals surface area contributed by atoms with Gasteiger partial charge in [0, 0.05) is 44.2 Å². The first-order chi connectivity index (χ1) is 14.5. The number of piperidine rings is 1. The number of para-hydroxylation sites is 1. The van der Waals surface area contributed by atoms with E-state index in [1.807, 2.05) is 18.2 Å². The number of rotatable bonds is 8. The highest BCUT2D eigenvalue weighted by molar-refractivity contribution is 14.0. The second-order valence-corrected chi connectivity index (χ2v) is 9.10. The van der Waals surface area contributed by atoms with Crippen molar-refractivity contribution in [2.75, 3.05) is 44.6 Å². The van der Waals surface area contributed by atoms with Crippen LogP contribution in [-0.2, 0) is 4.79 Å². The van der Waals surface area contributed by atoms with Gasteiger partial charge in [-0.1, -0.05) is 32.0 Å². The number of nitrogens with one attached hydrogen (secondary N) is 3. The zero-order valence-electron chi connectivity index (χ0n) is 19.3. The molecule has 0 bridgehead atoms. The van der Waals surface area contributed by atoms with E-state index < -0.39 is 0 Å². The Balaban J connectivity index is 0.00000341. The van der Waals surface area contributed by atoms with Gasteiger partial charge in [0.05, 0.1) is 6.54 Å². The Hall–Kier alpha value is -1.35. The van der Waals surface area contributed by atoms with E-state index in [0.717, 1.165) is 43.0 Å². The summed E-state index contributed by atoms with van der Waals surface area (Å²) < 4.78 is 0. The minimum absolute atomic E-state index is 0. The third-order valence-electron chi connectivity index (χ3n) is 6.06. The number of halogens is 1. The third-order valence-corrected chi connectivity index (χ3v) is 6.06. The van der Waals surface area contributed by atoms with Crippen molar-refractivity contribution >= 4 is 41.5 Å². The molecule has 1 saturated heterocycles. The Morgan fingerprint density at radius 1 is 1.16 bits per heavy atom. The molecular formula is C24H40IN5O. The Kier molecular flexibility index (Phi) is 11.1. The van der Waals surface area contributed by atoms with Gasteiger partial charge in [-0.3, -0.25) is 9.79 Å². The minimum Gasteiger partial charge on any atom is -0.357 e. The van der Waals surface area contributed by atoms with Gasteiger partial charge in [0.1, 0.15) is 0 Å². The summed E-state index contributed by atoms with van der Waals surface area (Å²) in [6.45, 7) is 12.9. The molecule has 6 nitrogen and oxygen atoms in total. The van der Waals surface area contributed by atoms with E-state index in [0.29, 0.717) is 13.0 Å². The molecule has 0 aliphatic carbocycles. The van der Waals surface area contributed by atoms with Crippen LogP contribution in [0.3, 0.4) is 0 Å². The topological polar surface area (TPSA) is 68.8 Å². The molecule has 0 spiro atoms. The summed E-state index contributed by atoms with van der Waals surface area (Å²) in [6, 6.07) is 8.05. The Morgan fingerprint density at radius 3 is 2.65 bits per heavy atom. The van der Waals surface area contributed by atoms with Crippen molar-refractivity contribution in [1.29, 1.82) is 0 Å². The zero-order valence-corrected chi connectivity index (χ0v) is 21.7. The van der Waals surface area contributed by atoms with Crippen molar-refractivity contribution in [2.45, 2.75) is 52.4 Å². The fourth-order valence-electron chi connectivity index (χ4n) is 4.85. The summed E-state index contributed by atoms with van der Waals surface area (Å²) in [5, 5.41) is 9.77. The molecule has 2 aliphatic heterocycles. The molecule has 0 aromatic heterocycles. The number of amides is 1. The second-order valence-electron chi connectivity index (χ2n) is 9.10. The smallest absolute Gasteiger partial charge is 0.225 e. The highest BCUT2D eigenvalue weighted by Crippen LogP contribution is 2.32. The Labute approximate surface area is 205 Å². The number of carbonyl (C=O) groups excluding carboxylic acids is 1. The maximum absolute atomic E-state index is 12.0. The number of benzene rings is 1. The molecular weight excluding hydrogens is 501 g/mol. The summed E-state index contributed by atoms with van der Waals surface area (Å²) in [4.78, 5) is 19.4. The van der Waals surface area contributed by atoms with Crippen molar-refractivity contribution < 1.29 is 4.79 Å². The molecule has 31 heavy (non-hydrogen) atoms. The Bertz CT molecular complexity index is 716. The molecule has 7 heteroatoms. The Morgan fingerprint density at radius 2 is 1.90 bits per heavy atom. The van der Waals surface area contributed by atoms with Crippen LogP contribution in [0.15, 0.2) is 29.3 Å². The summed E-state index contributed by atoms with van der Waals surface area (Å²) in [7, 11) is 0. The van der Waals surface area contributed by atoms with Crippen molar-refractivity contribution in [3.63, 3.8) is 0 Å². The summed E-state index contributed by atoms with van der Waals surface area (Å²) in [6.07, 6.45) is 4.21. The van der Waals surface area contributed by atoms with Gasteiger partial charge in [-0.2, -0.15) is 0 Å².